The van der Waals surface area contributed by atoms with Crippen LogP contribution in [0.1, 0.15) is 5.82 Å². The van der Waals surface area contributed by atoms with Crippen molar-refractivity contribution >= 4 is 22.1 Å². The summed E-state index contributed by atoms with van der Waals surface area (Å²) in [5.41, 5.74) is 0.862. The molecule has 0 bridgehead atoms. The van der Waals surface area contributed by atoms with Gasteiger partial charge in [-0.25, -0.2) is 4.98 Å². The molecule has 0 aliphatic carbocycles. The molecular formula is C13H11N5O2. The van der Waals surface area contributed by atoms with Crippen molar-refractivity contribution in [1.82, 2.24) is 15.0 Å². The second-order valence-electron chi connectivity index (χ2n) is 4.20. The van der Waals surface area contributed by atoms with Crippen LogP contribution < -0.4 is 5.32 Å². The first kappa shape index (κ1) is 12.1. The van der Waals surface area contributed by atoms with Crippen molar-refractivity contribution in [2.75, 3.05) is 5.32 Å². The van der Waals surface area contributed by atoms with Gasteiger partial charge in [-0.2, -0.15) is 0 Å². The van der Waals surface area contributed by atoms with E-state index in [0.29, 0.717) is 17.3 Å². The monoisotopic (exact) mass is 269 g/mol. The van der Waals surface area contributed by atoms with Gasteiger partial charge in [0.15, 0.2) is 0 Å². The lowest BCUT2D eigenvalue weighted by molar-refractivity contribution is -0.383. The van der Waals surface area contributed by atoms with Gasteiger partial charge in [0.25, 0.3) is 5.69 Å². The number of pyridine rings is 1. The maximum atomic E-state index is 11.0. The van der Waals surface area contributed by atoms with Gasteiger partial charge in [0.1, 0.15) is 5.82 Å². The van der Waals surface area contributed by atoms with Crippen molar-refractivity contribution in [3.63, 3.8) is 0 Å². The molecule has 0 amide bonds. The third-order valence-electron chi connectivity index (χ3n) is 2.99. The Balaban J connectivity index is 1.99. The molecule has 0 fully saturated rings. The van der Waals surface area contributed by atoms with Crippen LogP contribution in [0.5, 0.6) is 0 Å². The number of aromatic amines is 1. The van der Waals surface area contributed by atoms with E-state index in [0.717, 1.165) is 11.5 Å². The molecule has 7 nitrogen and oxygen atoms in total. The molecule has 0 saturated heterocycles. The molecule has 0 unspecified atom stereocenters. The van der Waals surface area contributed by atoms with Crippen LogP contribution in [0.3, 0.4) is 0 Å². The predicted octanol–water partition coefficient (Wildman–Crippen LogP) is 2.48. The number of hydrogen-bond donors (Lipinski definition) is 2. The van der Waals surface area contributed by atoms with E-state index in [1.54, 1.807) is 36.9 Å². The van der Waals surface area contributed by atoms with E-state index in [9.17, 15) is 10.1 Å². The Morgan fingerprint density at radius 2 is 2.15 bits per heavy atom. The molecule has 3 rings (SSSR count). The van der Waals surface area contributed by atoms with Gasteiger partial charge in [-0.05, 0) is 12.1 Å². The number of rotatable bonds is 4. The normalized spacial score (nSPS) is 10.6. The standard InChI is InChI=1S/C13H11N5O2/c19-18(20)12-2-1-11(10-7-14-4-3-9(10)12)17-8-13-15-5-6-16-13/h1-7,17H,8H2,(H,15,16). The number of nitrogens with zero attached hydrogens (tertiary/aromatic N) is 3. The number of H-pyrrole nitrogens is 1. The third kappa shape index (κ3) is 2.16. The summed E-state index contributed by atoms with van der Waals surface area (Å²) in [6.07, 6.45) is 6.58. The van der Waals surface area contributed by atoms with E-state index in [2.05, 4.69) is 20.3 Å². The van der Waals surface area contributed by atoms with E-state index in [4.69, 9.17) is 0 Å². The lowest BCUT2D eigenvalue weighted by Crippen LogP contribution is -2.02. The molecule has 0 atom stereocenters. The number of nitro groups is 1. The highest BCUT2D eigenvalue weighted by Crippen LogP contribution is 2.30. The summed E-state index contributed by atoms with van der Waals surface area (Å²) >= 11 is 0. The number of benzene rings is 1. The lowest BCUT2D eigenvalue weighted by Gasteiger charge is -2.08. The van der Waals surface area contributed by atoms with E-state index in [1.807, 2.05) is 0 Å². The predicted molar refractivity (Wildman–Crippen MR) is 74.3 cm³/mol. The van der Waals surface area contributed by atoms with Gasteiger partial charge >= 0.3 is 0 Å². The van der Waals surface area contributed by atoms with Crippen molar-refractivity contribution in [3.05, 3.63) is 58.9 Å². The second kappa shape index (κ2) is 4.96. The first-order valence-corrected chi connectivity index (χ1v) is 5.99. The van der Waals surface area contributed by atoms with Crippen LogP contribution in [0.25, 0.3) is 10.8 Å². The zero-order valence-electron chi connectivity index (χ0n) is 10.4. The highest BCUT2D eigenvalue weighted by atomic mass is 16.6. The SMILES string of the molecule is O=[N+]([O-])c1ccc(NCc2ncc[nH]2)c2cnccc12. The van der Waals surface area contributed by atoms with Crippen LogP contribution in [0.15, 0.2) is 43.0 Å². The van der Waals surface area contributed by atoms with Crippen molar-refractivity contribution in [3.8, 4) is 0 Å². The number of nitro benzene ring substituents is 1. The Kier molecular flexibility index (Phi) is 3.00. The molecule has 1 aromatic carbocycles. The molecule has 0 aliphatic heterocycles. The average Bonchev–Trinajstić information content (AvgIpc) is 2.97. The first-order valence-electron chi connectivity index (χ1n) is 5.99. The first-order chi connectivity index (χ1) is 9.75. The van der Waals surface area contributed by atoms with Crippen molar-refractivity contribution in [2.24, 2.45) is 0 Å². The van der Waals surface area contributed by atoms with Gasteiger partial charge in [-0.1, -0.05) is 0 Å². The van der Waals surface area contributed by atoms with Gasteiger partial charge in [0, 0.05) is 41.9 Å². The molecule has 2 heterocycles. The quantitative estimate of drug-likeness (QED) is 0.560. The number of hydrogen-bond acceptors (Lipinski definition) is 5. The summed E-state index contributed by atoms with van der Waals surface area (Å²) < 4.78 is 0. The van der Waals surface area contributed by atoms with Gasteiger partial charge in [0.2, 0.25) is 0 Å². The molecule has 7 heteroatoms. The molecule has 20 heavy (non-hydrogen) atoms. The number of aromatic nitrogens is 3. The van der Waals surface area contributed by atoms with E-state index in [-0.39, 0.29) is 5.69 Å². The Labute approximate surface area is 113 Å². The minimum atomic E-state index is -0.390. The fourth-order valence-electron chi connectivity index (χ4n) is 2.06. The molecule has 2 aromatic heterocycles. The molecule has 100 valence electrons. The number of nitrogens with one attached hydrogen (secondary N) is 2. The van der Waals surface area contributed by atoms with Crippen LogP contribution in [-0.2, 0) is 6.54 Å². The van der Waals surface area contributed by atoms with E-state index in [1.165, 1.54) is 6.07 Å². The summed E-state index contributed by atoms with van der Waals surface area (Å²) in [5.74, 6) is 0.792. The molecular weight excluding hydrogens is 258 g/mol. The largest absolute Gasteiger partial charge is 0.377 e. The van der Waals surface area contributed by atoms with Crippen LogP contribution >= 0.6 is 0 Å². The number of imidazole rings is 1. The molecule has 0 saturated carbocycles. The Bertz CT molecular complexity index is 755. The number of anilines is 1. The van der Waals surface area contributed by atoms with Gasteiger partial charge < -0.3 is 10.3 Å². The minimum Gasteiger partial charge on any atom is -0.377 e. The van der Waals surface area contributed by atoms with Crippen LogP contribution in [0.2, 0.25) is 0 Å². The zero-order valence-corrected chi connectivity index (χ0v) is 10.4. The fourth-order valence-corrected chi connectivity index (χ4v) is 2.06. The summed E-state index contributed by atoms with van der Waals surface area (Å²) in [6.45, 7) is 0.509. The van der Waals surface area contributed by atoms with Crippen LogP contribution in [-0.4, -0.2) is 19.9 Å². The van der Waals surface area contributed by atoms with Crippen LogP contribution in [0, 0.1) is 10.1 Å². The molecule has 3 aromatic rings. The summed E-state index contributed by atoms with van der Waals surface area (Å²) in [4.78, 5) is 21.8. The minimum absolute atomic E-state index is 0.0750. The number of fused-ring (bicyclic) bond motifs is 1. The highest BCUT2D eigenvalue weighted by Gasteiger charge is 2.14. The third-order valence-corrected chi connectivity index (χ3v) is 2.99. The van der Waals surface area contributed by atoms with Crippen molar-refractivity contribution in [2.45, 2.75) is 6.54 Å². The summed E-state index contributed by atoms with van der Waals surface area (Å²) in [5, 5.41) is 15.5. The molecule has 0 aliphatic rings. The molecule has 0 spiro atoms. The van der Waals surface area contributed by atoms with Gasteiger partial charge in [0.05, 0.1) is 16.9 Å². The highest BCUT2D eigenvalue weighted by molar-refractivity contribution is 5.99. The summed E-state index contributed by atoms with van der Waals surface area (Å²) in [7, 11) is 0. The average molecular weight is 269 g/mol. The topological polar surface area (TPSA) is 96.7 Å². The zero-order chi connectivity index (χ0) is 13.9. The van der Waals surface area contributed by atoms with Crippen molar-refractivity contribution in [1.29, 1.82) is 0 Å². The Morgan fingerprint density at radius 1 is 1.25 bits per heavy atom. The number of non-ortho nitro benzene ring substituents is 1. The second-order valence-corrected chi connectivity index (χ2v) is 4.20. The Hall–Kier alpha value is -2.96. The fraction of sp³-hybridized carbons (Fsp3) is 0.0769. The Morgan fingerprint density at radius 3 is 2.90 bits per heavy atom. The lowest BCUT2D eigenvalue weighted by atomic mass is 10.1. The summed E-state index contributed by atoms with van der Waals surface area (Å²) in [6, 6.07) is 4.82. The van der Waals surface area contributed by atoms with Gasteiger partial charge in [-0.15, -0.1) is 0 Å². The van der Waals surface area contributed by atoms with Crippen molar-refractivity contribution < 1.29 is 4.92 Å². The smallest absolute Gasteiger partial charge is 0.277 e. The molecule has 0 radical (unpaired) electrons. The maximum absolute atomic E-state index is 11.0. The molecule has 2 N–H and O–H groups in total. The van der Waals surface area contributed by atoms with Gasteiger partial charge in [-0.3, -0.25) is 15.1 Å². The van der Waals surface area contributed by atoms with E-state index >= 15 is 0 Å². The van der Waals surface area contributed by atoms with Crippen LogP contribution in [0.4, 0.5) is 11.4 Å². The van der Waals surface area contributed by atoms with E-state index < -0.39 is 4.92 Å². The maximum Gasteiger partial charge on any atom is 0.277 e.